The molecule has 0 aliphatic rings. The zero-order valence-corrected chi connectivity index (χ0v) is 11.1. The number of halogens is 2. The van der Waals surface area contributed by atoms with E-state index in [1.165, 1.54) is 13.1 Å². The van der Waals surface area contributed by atoms with Crippen molar-refractivity contribution in [3.8, 4) is 0 Å². The molecule has 0 aliphatic carbocycles. The molecule has 6 nitrogen and oxygen atoms in total. The molecule has 0 aromatic carbocycles. The van der Waals surface area contributed by atoms with E-state index in [0.717, 1.165) is 0 Å². The van der Waals surface area contributed by atoms with Crippen LogP contribution in [0.5, 0.6) is 0 Å². The van der Waals surface area contributed by atoms with E-state index in [1.54, 1.807) is 0 Å². The molecule has 2 unspecified atom stereocenters. The summed E-state index contributed by atoms with van der Waals surface area (Å²) in [6, 6.07) is 0. The molecule has 17 heavy (non-hydrogen) atoms. The summed E-state index contributed by atoms with van der Waals surface area (Å²) in [7, 11) is 0. The number of rotatable bonds is 4. The molecule has 0 saturated carbocycles. The maximum absolute atomic E-state index is 10.8. The lowest BCUT2D eigenvalue weighted by Gasteiger charge is -2.17. The first-order chi connectivity index (χ1) is 7.90. The van der Waals surface area contributed by atoms with Crippen molar-refractivity contribution >= 4 is 33.2 Å². The van der Waals surface area contributed by atoms with E-state index in [1.807, 2.05) is 0 Å². The van der Waals surface area contributed by atoms with E-state index < -0.39 is 17.1 Å². The van der Waals surface area contributed by atoms with Crippen LogP contribution < -0.4 is 0 Å². The Morgan fingerprint density at radius 3 is 2.71 bits per heavy atom. The van der Waals surface area contributed by atoms with Crippen LogP contribution in [0.4, 0.5) is 5.69 Å². The van der Waals surface area contributed by atoms with Gasteiger partial charge in [0.25, 0.3) is 0 Å². The lowest BCUT2D eigenvalue weighted by Crippen LogP contribution is -2.21. The van der Waals surface area contributed by atoms with Gasteiger partial charge < -0.3 is 10.2 Å². The molecule has 1 aromatic heterocycles. The number of alkyl halides is 1. The molecule has 8 heteroatoms. The van der Waals surface area contributed by atoms with Gasteiger partial charge in [0.15, 0.2) is 0 Å². The molecule has 1 rings (SSSR count). The minimum absolute atomic E-state index is 0.143. The second kappa shape index (κ2) is 5.72. The number of aromatic nitrogens is 1. The molecule has 94 valence electrons. The summed E-state index contributed by atoms with van der Waals surface area (Å²) in [4.78, 5) is 13.8. The Labute approximate surface area is 111 Å². The predicted octanol–water partition coefficient (Wildman–Crippen LogP) is 1.74. The fourth-order valence-electron chi connectivity index (χ4n) is 1.38. The first-order valence-corrected chi connectivity index (χ1v) is 6.11. The van der Waals surface area contributed by atoms with Gasteiger partial charge in [-0.3, -0.25) is 10.1 Å². The molecule has 0 bridgehead atoms. The third-order valence-corrected chi connectivity index (χ3v) is 3.26. The van der Waals surface area contributed by atoms with Crippen LogP contribution in [0, 0.1) is 17.0 Å². The third kappa shape index (κ3) is 2.92. The molecule has 2 atom stereocenters. The average molecular weight is 326 g/mol. The maximum Gasteiger partial charge on any atom is 0.309 e. The highest BCUT2D eigenvalue weighted by molar-refractivity contribution is 9.09. The number of aliphatic hydroxyl groups is 2. The van der Waals surface area contributed by atoms with Gasteiger partial charge in [0.2, 0.25) is 5.15 Å². The van der Waals surface area contributed by atoms with Crippen molar-refractivity contribution in [2.24, 2.45) is 0 Å². The smallest absolute Gasteiger partial charge is 0.309 e. The zero-order chi connectivity index (χ0) is 13.2. The highest BCUT2D eigenvalue weighted by atomic mass is 79.9. The number of hydrogen-bond donors (Lipinski definition) is 2. The van der Waals surface area contributed by atoms with Gasteiger partial charge in [-0.15, -0.1) is 0 Å². The highest BCUT2D eigenvalue weighted by Crippen LogP contribution is 2.32. The second-order valence-electron chi connectivity index (χ2n) is 3.40. The molecular weight excluding hydrogens is 315 g/mol. The number of pyridine rings is 1. The maximum atomic E-state index is 10.8. The van der Waals surface area contributed by atoms with Crippen molar-refractivity contribution in [2.45, 2.75) is 19.1 Å². The van der Waals surface area contributed by atoms with Crippen molar-refractivity contribution in [3.05, 3.63) is 32.6 Å². The third-order valence-electron chi connectivity index (χ3n) is 2.32. The molecule has 1 aromatic rings. The fraction of sp³-hybridized carbons (Fsp3) is 0.444. The summed E-state index contributed by atoms with van der Waals surface area (Å²) >= 11 is 8.62. The number of nitrogens with zero attached hydrogens (tertiary/aromatic N) is 2. The fourth-order valence-corrected chi connectivity index (χ4v) is 1.99. The average Bonchev–Trinajstić information content (AvgIpc) is 2.27. The SMILES string of the molecule is Cc1c(C(O)C(O)CBr)cnc(Cl)c1[N+](=O)[O-]. The van der Waals surface area contributed by atoms with Crippen molar-refractivity contribution in [3.63, 3.8) is 0 Å². The summed E-state index contributed by atoms with van der Waals surface area (Å²) in [5, 5.41) is 29.9. The van der Waals surface area contributed by atoms with E-state index in [9.17, 15) is 20.3 Å². The van der Waals surface area contributed by atoms with Gasteiger partial charge in [-0.1, -0.05) is 27.5 Å². The molecule has 0 saturated heterocycles. The first kappa shape index (κ1) is 14.3. The highest BCUT2D eigenvalue weighted by Gasteiger charge is 2.26. The first-order valence-electron chi connectivity index (χ1n) is 4.61. The summed E-state index contributed by atoms with van der Waals surface area (Å²) in [6.45, 7) is 1.45. The summed E-state index contributed by atoms with van der Waals surface area (Å²) in [6.07, 6.45) is -1.10. The standard InChI is InChI=1S/C9H10BrClN2O4/c1-4-5(8(15)6(14)2-10)3-12-9(11)7(4)13(16)17/h3,6,8,14-15H,2H2,1H3. The normalized spacial score (nSPS) is 14.4. The van der Waals surface area contributed by atoms with Gasteiger partial charge in [0.1, 0.15) is 6.10 Å². The summed E-state index contributed by atoms with van der Waals surface area (Å²) in [5.41, 5.74) is 0.0283. The van der Waals surface area contributed by atoms with Crippen LogP contribution in [0.2, 0.25) is 5.15 Å². The van der Waals surface area contributed by atoms with Crippen molar-refractivity contribution in [1.29, 1.82) is 0 Å². The van der Waals surface area contributed by atoms with E-state index in [2.05, 4.69) is 20.9 Å². The Morgan fingerprint density at radius 1 is 1.65 bits per heavy atom. The van der Waals surface area contributed by atoms with Gasteiger partial charge in [0, 0.05) is 22.7 Å². The molecule has 2 N–H and O–H groups in total. The Bertz CT molecular complexity index is 443. The largest absolute Gasteiger partial charge is 0.389 e. The van der Waals surface area contributed by atoms with E-state index in [4.69, 9.17) is 11.6 Å². The minimum atomic E-state index is -1.25. The number of aliphatic hydroxyl groups excluding tert-OH is 2. The van der Waals surface area contributed by atoms with Crippen molar-refractivity contribution in [2.75, 3.05) is 5.33 Å². The number of nitro groups is 1. The Morgan fingerprint density at radius 2 is 2.24 bits per heavy atom. The van der Waals surface area contributed by atoms with E-state index in [-0.39, 0.29) is 27.3 Å². The molecule has 0 fully saturated rings. The molecule has 1 heterocycles. The van der Waals surface area contributed by atoms with Gasteiger partial charge in [-0.25, -0.2) is 4.98 Å². The minimum Gasteiger partial charge on any atom is -0.389 e. The Kier molecular flexibility index (Phi) is 4.81. The predicted molar refractivity (Wildman–Crippen MR) is 65.4 cm³/mol. The number of hydrogen-bond acceptors (Lipinski definition) is 5. The second-order valence-corrected chi connectivity index (χ2v) is 4.41. The van der Waals surface area contributed by atoms with Gasteiger partial charge in [0.05, 0.1) is 11.0 Å². The van der Waals surface area contributed by atoms with Crippen LogP contribution in [-0.4, -0.2) is 31.6 Å². The Balaban J connectivity index is 3.28. The lowest BCUT2D eigenvalue weighted by molar-refractivity contribution is -0.385. The van der Waals surface area contributed by atoms with Crippen molar-refractivity contribution < 1.29 is 15.1 Å². The molecule has 0 spiro atoms. The quantitative estimate of drug-likeness (QED) is 0.380. The van der Waals surface area contributed by atoms with Gasteiger partial charge in [-0.05, 0) is 6.92 Å². The van der Waals surface area contributed by atoms with Gasteiger partial charge >= 0.3 is 5.69 Å². The van der Waals surface area contributed by atoms with Crippen LogP contribution >= 0.6 is 27.5 Å². The topological polar surface area (TPSA) is 96.5 Å². The van der Waals surface area contributed by atoms with E-state index >= 15 is 0 Å². The van der Waals surface area contributed by atoms with E-state index in [0.29, 0.717) is 0 Å². The Hall–Kier alpha value is -0.760. The zero-order valence-electron chi connectivity index (χ0n) is 8.80. The monoisotopic (exact) mass is 324 g/mol. The summed E-state index contributed by atoms with van der Waals surface area (Å²) in [5.74, 6) is 0. The molecule has 0 amide bonds. The summed E-state index contributed by atoms with van der Waals surface area (Å²) < 4.78 is 0. The van der Waals surface area contributed by atoms with Crippen LogP contribution in [0.1, 0.15) is 17.2 Å². The lowest BCUT2D eigenvalue weighted by atomic mass is 10.0. The molecular formula is C9H10BrClN2O4. The molecule has 0 radical (unpaired) electrons. The van der Waals surface area contributed by atoms with Crippen LogP contribution in [-0.2, 0) is 0 Å². The van der Waals surface area contributed by atoms with Crippen molar-refractivity contribution in [1.82, 2.24) is 4.98 Å². The molecule has 0 aliphatic heterocycles. The van der Waals surface area contributed by atoms with Crippen LogP contribution in [0.15, 0.2) is 6.20 Å². The van der Waals surface area contributed by atoms with Crippen LogP contribution in [0.3, 0.4) is 0 Å². The van der Waals surface area contributed by atoms with Crippen LogP contribution in [0.25, 0.3) is 0 Å². The van der Waals surface area contributed by atoms with Gasteiger partial charge in [-0.2, -0.15) is 0 Å².